The highest BCUT2D eigenvalue weighted by molar-refractivity contribution is 5.30. The van der Waals surface area contributed by atoms with E-state index in [1.807, 2.05) is 0 Å². The molecular weight excluding hydrogens is 182 g/mol. The lowest BCUT2D eigenvalue weighted by molar-refractivity contribution is 0.375. The van der Waals surface area contributed by atoms with Gasteiger partial charge in [0.15, 0.2) is 0 Å². The lowest BCUT2D eigenvalue weighted by Gasteiger charge is -2.24. The Balaban J connectivity index is 2.94. The second kappa shape index (κ2) is 4.80. The molecule has 84 valence electrons. The number of rotatable bonds is 4. The zero-order valence-corrected chi connectivity index (χ0v) is 10.4. The van der Waals surface area contributed by atoms with Crippen molar-refractivity contribution in [3.63, 3.8) is 0 Å². The van der Waals surface area contributed by atoms with Crippen molar-refractivity contribution < 1.29 is 0 Å². The quantitative estimate of drug-likeness (QED) is 0.801. The fourth-order valence-corrected chi connectivity index (χ4v) is 1.85. The molecular formula is C14H23N. The smallest absolute Gasteiger partial charge is 0.00226 e. The average molecular weight is 205 g/mol. The van der Waals surface area contributed by atoms with E-state index in [0.717, 1.165) is 13.0 Å². The van der Waals surface area contributed by atoms with Gasteiger partial charge in [-0.25, -0.2) is 0 Å². The minimum absolute atomic E-state index is 0.199. The van der Waals surface area contributed by atoms with Gasteiger partial charge < -0.3 is 5.73 Å². The lowest BCUT2D eigenvalue weighted by Crippen LogP contribution is -2.26. The van der Waals surface area contributed by atoms with Gasteiger partial charge >= 0.3 is 0 Å². The van der Waals surface area contributed by atoms with Crippen LogP contribution in [0.15, 0.2) is 24.3 Å². The Morgan fingerprint density at radius 3 is 2.33 bits per heavy atom. The predicted molar refractivity (Wildman–Crippen MR) is 67.1 cm³/mol. The maximum absolute atomic E-state index is 5.78. The van der Waals surface area contributed by atoms with Crippen LogP contribution in [0.3, 0.4) is 0 Å². The molecule has 0 aromatic heterocycles. The van der Waals surface area contributed by atoms with E-state index in [0.29, 0.717) is 5.92 Å². The number of nitrogens with two attached hydrogens (primary N) is 1. The van der Waals surface area contributed by atoms with Gasteiger partial charge in [0.05, 0.1) is 0 Å². The monoisotopic (exact) mass is 205 g/mol. The first kappa shape index (κ1) is 12.3. The third-order valence-electron chi connectivity index (χ3n) is 2.90. The lowest BCUT2D eigenvalue weighted by atomic mass is 9.82. The molecule has 0 radical (unpaired) electrons. The first-order valence-corrected chi connectivity index (χ1v) is 5.74. The minimum atomic E-state index is 0.199. The van der Waals surface area contributed by atoms with Crippen LogP contribution in [0, 0.1) is 5.41 Å². The average Bonchev–Trinajstić information content (AvgIpc) is 2.18. The van der Waals surface area contributed by atoms with Crippen LogP contribution in [0.1, 0.15) is 44.7 Å². The van der Waals surface area contributed by atoms with Crippen LogP contribution in [-0.4, -0.2) is 6.54 Å². The van der Waals surface area contributed by atoms with E-state index in [1.54, 1.807) is 0 Å². The Kier molecular flexibility index (Phi) is 3.92. The summed E-state index contributed by atoms with van der Waals surface area (Å²) in [7, 11) is 0. The molecule has 1 aromatic rings. The molecule has 0 heterocycles. The van der Waals surface area contributed by atoms with Gasteiger partial charge in [-0.3, -0.25) is 0 Å². The molecule has 0 aliphatic rings. The van der Waals surface area contributed by atoms with Crippen LogP contribution in [0.25, 0.3) is 0 Å². The molecule has 2 N–H and O–H groups in total. The van der Waals surface area contributed by atoms with Gasteiger partial charge in [-0.15, -0.1) is 0 Å². The third kappa shape index (κ3) is 3.35. The van der Waals surface area contributed by atoms with E-state index in [-0.39, 0.29) is 5.41 Å². The Morgan fingerprint density at radius 2 is 1.80 bits per heavy atom. The summed E-state index contributed by atoms with van der Waals surface area (Å²) in [5.74, 6) is 0.592. The van der Waals surface area contributed by atoms with Crippen molar-refractivity contribution in [2.75, 3.05) is 6.54 Å². The van der Waals surface area contributed by atoms with Crippen LogP contribution in [0.2, 0.25) is 0 Å². The van der Waals surface area contributed by atoms with Gasteiger partial charge in [-0.05, 0) is 35.4 Å². The standard InChI is InChI=1S/C14H23N/c1-11(2)13-8-6-5-7-12(13)9-14(3,4)10-15/h5-8,11H,9-10,15H2,1-4H3. The first-order valence-electron chi connectivity index (χ1n) is 5.74. The van der Waals surface area contributed by atoms with Crippen molar-refractivity contribution in [2.24, 2.45) is 11.1 Å². The Morgan fingerprint density at radius 1 is 1.20 bits per heavy atom. The van der Waals surface area contributed by atoms with Crippen LogP contribution in [-0.2, 0) is 6.42 Å². The molecule has 0 bridgehead atoms. The van der Waals surface area contributed by atoms with Crippen molar-refractivity contribution in [1.29, 1.82) is 0 Å². The summed E-state index contributed by atoms with van der Waals surface area (Å²) in [6, 6.07) is 8.70. The highest BCUT2D eigenvalue weighted by atomic mass is 14.6. The van der Waals surface area contributed by atoms with Gasteiger partial charge in [-0.1, -0.05) is 52.0 Å². The topological polar surface area (TPSA) is 26.0 Å². The van der Waals surface area contributed by atoms with Gasteiger partial charge in [-0.2, -0.15) is 0 Å². The molecule has 0 saturated heterocycles. The van der Waals surface area contributed by atoms with Crippen molar-refractivity contribution in [2.45, 2.75) is 40.0 Å². The molecule has 0 unspecified atom stereocenters. The summed E-state index contributed by atoms with van der Waals surface area (Å²) in [5, 5.41) is 0. The summed E-state index contributed by atoms with van der Waals surface area (Å²) < 4.78 is 0. The van der Waals surface area contributed by atoms with Crippen molar-refractivity contribution in [3.05, 3.63) is 35.4 Å². The van der Waals surface area contributed by atoms with Crippen molar-refractivity contribution in [3.8, 4) is 0 Å². The zero-order valence-electron chi connectivity index (χ0n) is 10.4. The maximum atomic E-state index is 5.78. The summed E-state index contributed by atoms with van der Waals surface area (Å²) in [4.78, 5) is 0. The highest BCUT2D eigenvalue weighted by Gasteiger charge is 2.18. The van der Waals surface area contributed by atoms with Crippen LogP contribution >= 0.6 is 0 Å². The van der Waals surface area contributed by atoms with E-state index < -0.39 is 0 Å². The van der Waals surface area contributed by atoms with Crippen LogP contribution in [0.5, 0.6) is 0 Å². The second-order valence-electron chi connectivity index (χ2n) is 5.40. The molecule has 15 heavy (non-hydrogen) atoms. The minimum Gasteiger partial charge on any atom is -0.330 e. The normalized spacial score (nSPS) is 12.1. The summed E-state index contributed by atoms with van der Waals surface area (Å²) in [6.07, 6.45) is 1.07. The Labute approximate surface area is 93.7 Å². The van der Waals surface area contributed by atoms with Crippen LogP contribution in [0.4, 0.5) is 0 Å². The molecule has 1 rings (SSSR count). The largest absolute Gasteiger partial charge is 0.330 e. The molecule has 0 fully saturated rings. The number of benzene rings is 1. The SMILES string of the molecule is CC(C)c1ccccc1CC(C)(C)CN. The zero-order chi connectivity index (χ0) is 11.5. The van der Waals surface area contributed by atoms with E-state index in [1.165, 1.54) is 11.1 Å². The summed E-state index contributed by atoms with van der Waals surface area (Å²) in [6.45, 7) is 9.68. The predicted octanol–water partition coefficient (Wildman–Crippen LogP) is 3.34. The van der Waals surface area contributed by atoms with E-state index in [9.17, 15) is 0 Å². The first-order chi connectivity index (χ1) is 6.96. The molecule has 0 atom stereocenters. The van der Waals surface area contributed by atoms with Crippen molar-refractivity contribution >= 4 is 0 Å². The van der Waals surface area contributed by atoms with Crippen molar-refractivity contribution in [1.82, 2.24) is 0 Å². The molecule has 1 heteroatoms. The molecule has 0 aliphatic carbocycles. The number of hydrogen-bond acceptors (Lipinski definition) is 1. The summed E-state index contributed by atoms with van der Waals surface area (Å²) >= 11 is 0. The second-order valence-corrected chi connectivity index (χ2v) is 5.40. The highest BCUT2D eigenvalue weighted by Crippen LogP contribution is 2.26. The molecule has 0 amide bonds. The van der Waals surface area contributed by atoms with E-state index in [2.05, 4.69) is 52.0 Å². The molecule has 0 spiro atoms. The van der Waals surface area contributed by atoms with Gasteiger partial charge in [0.25, 0.3) is 0 Å². The number of hydrogen-bond donors (Lipinski definition) is 1. The Hall–Kier alpha value is -0.820. The Bertz CT molecular complexity index is 313. The van der Waals surface area contributed by atoms with Crippen LogP contribution < -0.4 is 5.73 Å². The fourth-order valence-electron chi connectivity index (χ4n) is 1.85. The third-order valence-corrected chi connectivity index (χ3v) is 2.90. The fraction of sp³-hybridized carbons (Fsp3) is 0.571. The van der Waals surface area contributed by atoms with E-state index >= 15 is 0 Å². The molecule has 1 nitrogen and oxygen atoms in total. The van der Waals surface area contributed by atoms with Gasteiger partial charge in [0.1, 0.15) is 0 Å². The maximum Gasteiger partial charge on any atom is -0.00226 e. The summed E-state index contributed by atoms with van der Waals surface area (Å²) in [5.41, 5.74) is 8.88. The van der Waals surface area contributed by atoms with Gasteiger partial charge in [0, 0.05) is 0 Å². The van der Waals surface area contributed by atoms with Gasteiger partial charge in [0.2, 0.25) is 0 Å². The molecule has 1 aromatic carbocycles. The molecule has 0 aliphatic heterocycles. The molecule has 0 saturated carbocycles. The van der Waals surface area contributed by atoms with E-state index in [4.69, 9.17) is 5.73 Å².